The van der Waals surface area contributed by atoms with Gasteiger partial charge in [0.25, 0.3) is 5.91 Å². The maximum Gasteiger partial charge on any atom is 0.344 e. The molecule has 0 aromatic heterocycles. The second kappa shape index (κ2) is 14.4. The topological polar surface area (TPSA) is 97.4 Å². The van der Waals surface area contributed by atoms with Gasteiger partial charge in [-0.2, -0.15) is 0 Å². The largest absolute Gasteiger partial charge is 0.497 e. The number of anilines is 1. The summed E-state index contributed by atoms with van der Waals surface area (Å²) in [4.78, 5) is 42.4. The lowest BCUT2D eigenvalue weighted by Gasteiger charge is -2.34. The van der Waals surface area contributed by atoms with Gasteiger partial charge in [-0.3, -0.25) is 14.5 Å². The summed E-state index contributed by atoms with van der Waals surface area (Å²) in [6.45, 7) is 8.45. The third-order valence-corrected chi connectivity index (χ3v) is 6.66. The molecule has 2 amide bonds. The van der Waals surface area contributed by atoms with Gasteiger partial charge in [0, 0.05) is 18.2 Å². The van der Waals surface area contributed by atoms with Gasteiger partial charge in [-0.05, 0) is 89.0 Å². The Hall–Kier alpha value is -3.59. The van der Waals surface area contributed by atoms with Crippen molar-refractivity contribution in [1.29, 1.82) is 0 Å². The molecule has 0 spiro atoms. The van der Waals surface area contributed by atoms with Crippen LogP contribution in [-0.4, -0.2) is 75.2 Å². The average Bonchev–Trinajstić information content (AvgIpc) is 2.94. The average molecular weight is 526 g/mol. The van der Waals surface area contributed by atoms with E-state index in [4.69, 9.17) is 14.2 Å². The number of rotatable bonds is 12. The van der Waals surface area contributed by atoms with Crippen molar-refractivity contribution >= 4 is 23.5 Å². The van der Waals surface area contributed by atoms with Crippen molar-refractivity contribution < 1.29 is 28.6 Å². The highest BCUT2D eigenvalue weighted by Crippen LogP contribution is 2.30. The van der Waals surface area contributed by atoms with Gasteiger partial charge >= 0.3 is 5.97 Å². The second-order valence-electron chi connectivity index (χ2n) is 9.56. The van der Waals surface area contributed by atoms with Crippen LogP contribution in [0.5, 0.6) is 11.5 Å². The molecule has 0 atom stereocenters. The zero-order valence-electron chi connectivity index (χ0n) is 22.8. The van der Waals surface area contributed by atoms with Crippen LogP contribution in [0.2, 0.25) is 0 Å². The maximum absolute atomic E-state index is 13.6. The summed E-state index contributed by atoms with van der Waals surface area (Å²) in [5.74, 6) is 0.166. The predicted molar refractivity (Wildman–Crippen MR) is 146 cm³/mol. The molecule has 0 bridgehead atoms. The molecule has 38 heavy (non-hydrogen) atoms. The highest BCUT2D eigenvalue weighted by Gasteiger charge is 2.26. The Morgan fingerprint density at radius 1 is 1.05 bits per heavy atom. The smallest absolute Gasteiger partial charge is 0.344 e. The number of hydrogen-bond acceptors (Lipinski definition) is 7. The quantitative estimate of drug-likeness (QED) is 0.424. The van der Waals surface area contributed by atoms with E-state index in [1.54, 1.807) is 62.6 Å². The molecule has 9 heteroatoms. The van der Waals surface area contributed by atoms with Gasteiger partial charge in [-0.15, -0.1) is 0 Å². The van der Waals surface area contributed by atoms with Gasteiger partial charge in [-0.25, -0.2) is 4.79 Å². The zero-order valence-corrected chi connectivity index (χ0v) is 22.8. The van der Waals surface area contributed by atoms with Crippen LogP contribution in [0.15, 0.2) is 48.5 Å². The Kier molecular flexibility index (Phi) is 11.0. The van der Waals surface area contributed by atoms with E-state index in [0.29, 0.717) is 41.3 Å². The molecule has 206 valence electrons. The SMILES string of the molecule is CCOC(=O)COc1ccccc1N(CC(=O)NCC1CCN(C(C)C)CC1)C(=O)c1ccc(OC)cc1. The summed E-state index contributed by atoms with van der Waals surface area (Å²) in [7, 11) is 1.55. The molecule has 2 aromatic rings. The lowest BCUT2D eigenvalue weighted by Crippen LogP contribution is -2.44. The Labute approximate surface area is 225 Å². The van der Waals surface area contributed by atoms with Crippen LogP contribution in [0.25, 0.3) is 0 Å². The normalized spacial score (nSPS) is 14.1. The van der Waals surface area contributed by atoms with E-state index < -0.39 is 5.97 Å². The number of likely N-dealkylation sites (tertiary alicyclic amines) is 1. The number of piperidine rings is 1. The number of para-hydroxylation sites is 2. The van der Waals surface area contributed by atoms with Crippen LogP contribution in [0.1, 0.15) is 44.0 Å². The number of ether oxygens (including phenoxy) is 3. The fourth-order valence-corrected chi connectivity index (χ4v) is 4.43. The van der Waals surface area contributed by atoms with Crippen LogP contribution in [0.4, 0.5) is 5.69 Å². The van der Waals surface area contributed by atoms with Crippen molar-refractivity contribution in [2.45, 2.75) is 39.7 Å². The summed E-state index contributed by atoms with van der Waals surface area (Å²) >= 11 is 0. The first-order valence-electron chi connectivity index (χ1n) is 13.2. The molecule has 1 aliphatic rings. The van der Waals surface area contributed by atoms with E-state index >= 15 is 0 Å². The van der Waals surface area contributed by atoms with Crippen molar-refractivity contribution in [3.63, 3.8) is 0 Å². The molecule has 1 aliphatic heterocycles. The summed E-state index contributed by atoms with van der Waals surface area (Å²) in [5, 5.41) is 3.02. The molecule has 9 nitrogen and oxygen atoms in total. The van der Waals surface area contributed by atoms with Crippen molar-refractivity contribution in [1.82, 2.24) is 10.2 Å². The highest BCUT2D eigenvalue weighted by molar-refractivity contribution is 6.09. The molecule has 2 aromatic carbocycles. The van der Waals surface area contributed by atoms with Gasteiger partial charge < -0.3 is 24.4 Å². The van der Waals surface area contributed by atoms with Gasteiger partial charge in [0.05, 0.1) is 19.4 Å². The molecular formula is C29H39N3O6. The number of nitrogens with zero attached hydrogens (tertiary/aromatic N) is 2. The number of amides is 2. The number of esters is 1. The summed E-state index contributed by atoms with van der Waals surface area (Å²) in [6, 6.07) is 14.0. The minimum Gasteiger partial charge on any atom is -0.497 e. The number of nitrogens with one attached hydrogen (secondary N) is 1. The molecule has 1 fully saturated rings. The fraction of sp³-hybridized carbons (Fsp3) is 0.483. The zero-order chi connectivity index (χ0) is 27.5. The lowest BCUT2D eigenvalue weighted by atomic mass is 9.96. The second-order valence-corrected chi connectivity index (χ2v) is 9.56. The predicted octanol–water partition coefficient (Wildman–Crippen LogP) is 3.52. The van der Waals surface area contributed by atoms with Crippen LogP contribution in [-0.2, 0) is 14.3 Å². The fourth-order valence-electron chi connectivity index (χ4n) is 4.43. The van der Waals surface area contributed by atoms with E-state index in [2.05, 4.69) is 24.1 Å². The number of benzene rings is 2. The lowest BCUT2D eigenvalue weighted by molar-refractivity contribution is -0.145. The van der Waals surface area contributed by atoms with E-state index in [9.17, 15) is 14.4 Å². The molecule has 1 N–H and O–H groups in total. The minimum atomic E-state index is -0.517. The van der Waals surface area contributed by atoms with Gasteiger partial charge in [0.1, 0.15) is 18.0 Å². The molecule has 1 saturated heterocycles. The van der Waals surface area contributed by atoms with Crippen LogP contribution < -0.4 is 19.7 Å². The van der Waals surface area contributed by atoms with Gasteiger partial charge in [0.15, 0.2) is 6.61 Å². The monoisotopic (exact) mass is 525 g/mol. The van der Waals surface area contributed by atoms with E-state index in [1.807, 2.05) is 0 Å². The summed E-state index contributed by atoms with van der Waals surface area (Å²) in [6.07, 6.45) is 2.05. The molecule has 1 heterocycles. The third-order valence-electron chi connectivity index (χ3n) is 6.66. The minimum absolute atomic E-state index is 0.199. The standard InChI is InChI=1S/C29H39N3O6/c1-5-37-28(34)20-38-26-9-7-6-8-25(26)32(29(35)23-10-12-24(36-4)13-11-23)19-27(33)30-18-22-14-16-31(17-15-22)21(2)3/h6-13,21-22H,5,14-20H2,1-4H3,(H,30,33). The number of carbonyl (C=O) groups is 3. The first-order chi connectivity index (χ1) is 18.3. The van der Waals surface area contributed by atoms with Crippen LogP contribution >= 0.6 is 0 Å². The number of methoxy groups -OCH3 is 1. The van der Waals surface area contributed by atoms with E-state index in [1.165, 1.54) is 4.90 Å². The Morgan fingerprint density at radius 3 is 2.37 bits per heavy atom. The summed E-state index contributed by atoms with van der Waals surface area (Å²) < 4.78 is 15.9. The molecular weight excluding hydrogens is 486 g/mol. The van der Waals surface area contributed by atoms with Crippen LogP contribution in [0.3, 0.4) is 0 Å². The number of carbonyl (C=O) groups excluding carboxylic acids is 3. The third kappa shape index (κ3) is 8.21. The van der Waals surface area contributed by atoms with Crippen molar-refractivity contribution in [3.05, 3.63) is 54.1 Å². The molecule has 0 aliphatic carbocycles. The van der Waals surface area contributed by atoms with Gasteiger partial charge in [0.2, 0.25) is 5.91 Å². The van der Waals surface area contributed by atoms with Gasteiger partial charge in [-0.1, -0.05) is 12.1 Å². The first-order valence-corrected chi connectivity index (χ1v) is 13.2. The Balaban J connectivity index is 1.75. The van der Waals surface area contributed by atoms with Crippen LogP contribution in [0, 0.1) is 5.92 Å². The molecule has 3 rings (SSSR count). The van der Waals surface area contributed by atoms with E-state index in [-0.39, 0.29) is 31.6 Å². The molecule has 0 radical (unpaired) electrons. The van der Waals surface area contributed by atoms with Crippen molar-refractivity contribution in [3.8, 4) is 11.5 Å². The maximum atomic E-state index is 13.6. The molecule has 0 unspecified atom stereocenters. The highest BCUT2D eigenvalue weighted by atomic mass is 16.6. The van der Waals surface area contributed by atoms with E-state index in [0.717, 1.165) is 25.9 Å². The molecule has 0 saturated carbocycles. The summed E-state index contributed by atoms with van der Waals surface area (Å²) in [5.41, 5.74) is 0.776. The Bertz CT molecular complexity index is 1060. The first kappa shape index (κ1) is 29.0. The van der Waals surface area contributed by atoms with Crippen molar-refractivity contribution in [2.75, 3.05) is 51.4 Å². The Morgan fingerprint density at radius 2 is 1.74 bits per heavy atom. The van der Waals surface area contributed by atoms with Crippen molar-refractivity contribution in [2.24, 2.45) is 5.92 Å². The number of hydrogen-bond donors (Lipinski definition) is 1.